The molecular formula is C13H13BrN2O2. The molecule has 2 rings (SSSR count). The average molecular weight is 309 g/mol. The van der Waals surface area contributed by atoms with E-state index in [9.17, 15) is 4.79 Å². The van der Waals surface area contributed by atoms with Crippen molar-refractivity contribution in [1.29, 1.82) is 0 Å². The minimum absolute atomic E-state index is 0.259. The Kier molecular flexibility index (Phi) is 3.84. The lowest BCUT2D eigenvalue weighted by Gasteiger charge is -2.07. The predicted octanol–water partition coefficient (Wildman–Crippen LogP) is 3.06. The Balaban J connectivity index is 2.18. The van der Waals surface area contributed by atoms with Gasteiger partial charge in [-0.25, -0.2) is 0 Å². The fourth-order valence-corrected chi connectivity index (χ4v) is 1.88. The Morgan fingerprint density at radius 1 is 1.39 bits per heavy atom. The van der Waals surface area contributed by atoms with Gasteiger partial charge >= 0.3 is 0 Å². The molecule has 0 fully saturated rings. The SMILES string of the molecule is Cc1ccc(Br)cc1NC(=O)c1ccc(CN)o1. The second kappa shape index (κ2) is 5.37. The van der Waals surface area contributed by atoms with Crippen LogP contribution in [0.15, 0.2) is 39.2 Å². The van der Waals surface area contributed by atoms with Gasteiger partial charge in [0.2, 0.25) is 0 Å². The van der Waals surface area contributed by atoms with Crippen molar-refractivity contribution in [3.05, 3.63) is 51.9 Å². The summed E-state index contributed by atoms with van der Waals surface area (Å²) in [7, 11) is 0. The van der Waals surface area contributed by atoms with Crippen LogP contribution in [0.4, 0.5) is 5.69 Å². The van der Waals surface area contributed by atoms with Gasteiger partial charge in [0.25, 0.3) is 5.91 Å². The van der Waals surface area contributed by atoms with Crippen molar-refractivity contribution in [2.45, 2.75) is 13.5 Å². The van der Waals surface area contributed by atoms with Gasteiger partial charge in [0.1, 0.15) is 5.76 Å². The summed E-state index contributed by atoms with van der Waals surface area (Å²) < 4.78 is 6.20. The molecule has 0 radical (unpaired) electrons. The molecule has 0 saturated heterocycles. The van der Waals surface area contributed by atoms with Gasteiger partial charge in [0, 0.05) is 10.2 Å². The highest BCUT2D eigenvalue weighted by Crippen LogP contribution is 2.21. The van der Waals surface area contributed by atoms with E-state index in [0.717, 1.165) is 15.7 Å². The number of furan rings is 1. The molecule has 0 spiro atoms. The van der Waals surface area contributed by atoms with Gasteiger partial charge in [-0.15, -0.1) is 0 Å². The van der Waals surface area contributed by atoms with Crippen LogP contribution >= 0.6 is 15.9 Å². The number of anilines is 1. The van der Waals surface area contributed by atoms with Crippen molar-refractivity contribution in [2.75, 3.05) is 5.32 Å². The fourth-order valence-electron chi connectivity index (χ4n) is 1.52. The van der Waals surface area contributed by atoms with E-state index in [0.29, 0.717) is 5.76 Å². The van der Waals surface area contributed by atoms with Crippen LogP contribution in [-0.2, 0) is 6.54 Å². The highest BCUT2D eigenvalue weighted by Gasteiger charge is 2.12. The second-order valence-corrected chi connectivity index (χ2v) is 4.80. The minimum Gasteiger partial charge on any atom is -0.455 e. The van der Waals surface area contributed by atoms with Crippen molar-refractivity contribution < 1.29 is 9.21 Å². The molecule has 0 aliphatic carbocycles. The third kappa shape index (κ3) is 2.80. The summed E-state index contributed by atoms with van der Waals surface area (Å²) in [5.74, 6) is 0.567. The van der Waals surface area contributed by atoms with Crippen LogP contribution in [-0.4, -0.2) is 5.91 Å². The molecule has 0 bridgehead atoms. The number of carbonyl (C=O) groups is 1. The van der Waals surface area contributed by atoms with E-state index in [1.807, 2.05) is 25.1 Å². The number of hydrogen-bond donors (Lipinski definition) is 2. The second-order valence-electron chi connectivity index (χ2n) is 3.88. The summed E-state index contributed by atoms with van der Waals surface area (Å²) in [5, 5.41) is 2.80. The quantitative estimate of drug-likeness (QED) is 0.915. The van der Waals surface area contributed by atoms with Crippen molar-refractivity contribution in [3.63, 3.8) is 0 Å². The molecule has 5 heteroatoms. The summed E-state index contributed by atoms with van der Waals surface area (Å²) in [6.45, 7) is 2.21. The molecule has 0 aliphatic heterocycles. The van der Waals surface area contributed by atoms with Crippen molar-refractivity contribution in [1.82, 2.24) is 0 Å². The summed E-state index contributed by atoms with van der Waals surface area (Å²) in [6, 6.07) is 9.01. The van der Waals surface area contributed by atoms with Crippen molar-refractivity contribution >= 4 is 27.5 Å². The molecule has 1 amide bonds. The van der Waals surface area contributed by atoms with Crippen molar-refractivity contribution in [3.8, 4) is 0 Å². The van der Waals surface area contributed by atoms with E-state index in [4.69, 9.17) is 10.2 Å². The molecule has 3 N–H and O–H groups in total. The molecule has 0 atom stereocenters. The van der Waals surface area contributed by atoms with Crippen LogP contribution in [0.2, 0.25) is 0 Å². The van der Waals surface area contributed by atoms with E-state index < -0.39 is 0 Å². The number of amides is 1. The van der Waals surface area contributed by atoms with Crippen LogP contribution < -0.4 is 11.1 Å². The normalized spacial score (nSPS) is 10.4. The Hall–Kier alpha value is -1.59. The maximum absolute atomic E-state index is 11.9. The van der Waals surface area contributed by atoms with Crippen LogP contribution in [0, 0.1) is 6.92 Å². The topological polar surface area (TPSA) is 68.3 Å². The summed E-state index contributed by atoms with van der Waals surface area (Å²) in [5.41, 5.74) is 7.16. The van der Waals surface area contributed by atoms with Gasteiger partial charge in [-0.2, -0.15) is 0 Å². The molecule has 1 heterocycles. The van der Waals surface area contributed by atoms with E-state index in [1.54, 1.807) is 12.1 Å². The highest BCUT2D eigenvalue weighted by atomic mass is 79.9. The molecule has 1 aromatic heterocycles. The molecule has 94 valence electrons. The number of nitrogens with one attached hydrogen (secondary N) is 1. The molecule has 0 saturated carbocycles. The van der Waals surface area contributed by atoms with Crippen molar-refractivity contribution in [2.24, 2.45) is 5.73 Å². The number of halogens is 1. The molecular weight excluding hydrogens is 296 g/mol. The van der Waals surface area contributed by atoms with Crippen LogP contribution in [0.1, 0.15) is 21.9 Å². The molecule has 1 aromatic carbocycles. The standard InChI is InChI=1S/C13H13BrN2O2/c1-8-2-3-9(14)6-11(8)16-13(17)12-5-4-10(7-15)18-12/h2-6H,7,15H2,1H3,(H,16,17). The zero-order valence-electron chi connectivity index (χ0n) is 9.87. The van der Waals surface area contributed by atoms with E-state index >= 15 is 0 Å². The number of nitrogens with two attached hydrogens (primary N) is 1. The Labute approximate surface area is 113 Å². The molecule has 2 aromatic rings. The lowest BCUT2D eigenvalue weighted by Crippen LogP contribution is -2.11. The Bertz CT molecular complexity index is 578. The average Bonchev–Trinajstić information content (AvgIpc) is 2.82. The molecule has 0 aliphatic rings. The first-order chi connectivity index (χ1) is 8.60. The Morgan fingerprint density at radius 3 is 2.83 bits per heavy atom. The zero-order chi connectivity index (χ0) is 13.1. The van der Waals surface area contributed by atoms with Crippen LogP contribution in [0.5, 0.6) is 0 Å². The van der Waals surface area contributed by atoms with Gasteiger partial charge in [-0.3, -0.25) is 4.79 Å². The maximum atomic E-state index is 11.9. The first kappa shape index (κ1) is 12.9. The molecule has 18 heavy (non-hydrogen) atoms. The molecule has 4 nitrogen and oxygen atoms in total. The van der Waals surface area contributed by atoms with Gasteiger partial charge in [-0.05, 0) is 36.8 Å². The minimum atomic E-state index is -0.282. The van der Waals surface area contributed by atoms with E-state index in [2.05, 4.69) is 21.2 Å². The summed E-state index contributed by atoms with van der Waals surface area (Å²) >= 11 is 3.37. The first-order valence-corrected chi connectivity index (χ1v) is 6.25. The van der Waals surface area contributed by atoms with Gasteiger partial charge in [0.05, 0.1) is 6.54 Å². The Morgan fingerprint density at radius 2 is 2.17 bits per heavy atom. The van der Waals surface area contributed by atoms with E-state index in [1.165, 1.54) is 0 Å². The first-order valence-electron chi connectivity index (χ1n) is 5.46. The fraction of sp³-hybridized carbons (Fsp3) is 0.154. The van der Waals surface area contributed by atoms with Gasteiger partial charge < -0.3 is 15.5 Å². The summed E-state index contributed by atoms with van der Waals surface area (Å²) in [6.07, 6.45) is 0. The number of benzene rings is 1. The third-order valence-electron chi connectivity index (χ3n) is 2.53. The number of rotatable bonds is 3. The predicted molar refractivity (Wildman–Crippen MR) is 73.4 cm³/mol. The maximum Gasteiger partial charge on any atom is 0.291 e. The highest BCUT2D eigenvalue weighted by molar-refractivity contribution is 9.10. The van der Waals surface area contributed by atoms with Gasteiger partial charge in [0.15, 0.2) is 5.76 Å². The number of hydrogen-bond acceptors (Lipinski definition) is 3. The van der Waals surface area contributed by atoms with Crippen LogP contribution in [0.25, 0.3) is 0 Å². The molecule has 0 unspecified atom stereocenters. The summed E-state index contributed by atoms with van der Waals surface area (Å²) in [4.78, 5) is 11.9. The monoisotopic (exact) mass is 308 g/mol. The zero-order valence-corrected chi connectivity index (χ0v) is 11.5. The largest absolute Gasteiger partial charge is 0.455 e. The third-order valence-corrected chi connectivity index (χ3v) is 3.03. The van der Waals surface area contributed by atoms with Crippen LogP contribution in [0.3, 0.4) is 0 Å². The van der Waals surface area contributed by atoms with E-state index in [-0.39, 0.29) is 18.2 Å². The lowest BCUT2D eigenvalue weighted by atomic mass is 10.2. The van der Waals surface area contributed by atoms with Gasteiger partial charge in [-0.1, -0.05) is 22.0 Å². The number of carbonyl (C=O) groups excluding carboxylic acids is 1. The smallest absolute Gasteiger partial charge is 0.291 e. The number of aryl methyl sites for hydroxylation is 1. The lowest BCUT2D eigenvalue weighted by molar-refractivity contribution is 0.0995.